The van der Waals surface area contributed by atoms with Crippen molar-refractivity contribution in [1.29, 1.82) is 0 Å². The van der Waals surface area contributed by atoms with Crippen LogP contribution in [0.3, 0.4) is 0 Å². The van der Waals surface area contributed by atoms with Gasteiger partial charge < -0.3 is 0 Å². The molecule has 0 fully saturated rings. The molecule has 0 radical (unpaired) electrons. The van der Waals surface area contributed by atoms with Gasteiger partial charge in [-0.2, -0.15) is 0 Å². The largest absolute Gasteiger partial charge is 0.269 e. The van der Waals surface area contributed by atoms with E-state index in [1.54, 1.807) is 0 Å². The Morgan fingerprint density at radius 1 is 0.286 bits per heavy atom. The first-order chi connectivity index (χ1) is 0. The molecule has 0 saturated heterocycles. The summed E-state index contributed by atoms with van der Waals surface area (Å²) in [6, 6.07) is 0. The first-order valence-electron chi connectivity index (χ1n) is 0. The Labute approximate surface area is 46.3 Å². The third-order valence-corrected chi connectivity index (χ3v) is 0. The maximum absolute atomic E-state index is 0. The number of hydrogen-bond donors (Lipinski definition) is 0. The summed E-state index contributed by atoms with van der Waals surface area (Å²) in [6.45, 7) is 0. The van der Waals surface area contributed by atoms with Gasteiger partial charge in [0, 0.05) is 17.1 Å². The zero-order valence-electron chi connectivity index (χ0n) is 2.80. The fraction of sp³-hybridized carbons (Fsp3) is 0. The summed E-state index contributed by atoms with van der Waals surface area (Å²) in [7, 11) is 0. The Hall–Kier alpha value is 0.0995. The Bertz CT molecular complexity index is 4.14. The van der Waals surface area contributed by atoms with E-state index >= 15 is 0 Å². The molecule has 0 aromatic heterocycles. The van der Waals surface area contributed by atoms with Gasteiger partial charge in [-0.25, -0.2) is 0 Å². The number of rotatable bonds is 0. The van der Waals surface area contributed by atoms with Gasteiger partial charge in [-0.15, -0.1) is 0 Å². The molecule has 0 heterocycles. The van der Waals surface area contributed by atoms with E-state index in [4.69, 9.17) is 0 Å². The Morgan fingerprint density at radius 2 is 0.286 bits per heavy atom. The minimum atomic E-state index is 0. The summed E-state index contributed by atoms with van der Waals surface area (Å²) in [5.41, 5.74) is 0. The molecule has 0 rings (SSSR count). The van der Waals surface area contributed by atoms with Crippen LogP contribution >= 0.6 is 0 Å². The van der Waals surface area contributed by atoms with E-state index in [1.807, 2.05) is 0 Å². The van der Waals surface area contributed by atoms with Gasteiger partial charge >= 0.3 is 0 Å². The van der Waals surface area contributed by atoms with Crippen LogP contribution in [0.4, 0.5) is 28.2 Å². The smallest absolute Gasteiger partial charge is 0 e. The predicted octanol–water partition coefficient (Wildman–Crippen LogP) is 0.912. The summed E-state index contributed by atoms with van der Waals surface area (Å²) in [6.07, 6.45) is 0. The molecule has 0 nitrogen and oxygen atoms in total. The molecule has 7 heavy (non-hydrogen) atoms. The molecule has 0 aliphatic rings. The second-order valence-electron chi connectivity index (χ2n) is 0. The third-order valence-electron chi connectivity index (χ3n) is 0. The SMILES string of the molecule is F.F.F.F.F.F.[Fe]. The maximum Gasteiger partial charge on any atom is 0 e. The van der Waals surface area contributed by atoms with E-state index in [2.05, 4.69) is 0 Å². The topological polar surface area (TPSA) is 0 Å². The van der Waals surface area contributed by atoms with Gasteiger partial charge in [0.15, 0.2) is 0 Å². The van der Waals surface area contributed by atoms with Crippen LogP contribution in [0.5, 0.6) is 0 Å². The van der Waals surface area contributed by atoms with Crippen LogP contribution in [0.1, 0.15) is 0 Å². The van der Waals surface area contributed by atoms with Crippen LogP contribution in [0.2, 0.25) is 0 Å². The summed E-state index contributed by atoms with van der Waals surface area (Å²) < 4.78 is 0. The average molecular weight is 176 g/mol. The van der Waals surface area contributed by atoms with Gasteiger partial charge in [-0.1, -0.05) is 0 Å². The second-order valence-corrected chi connectivity index (χ2v) is 0. The Balaban J connectivity index is 0. The maximum atomic E-state index is 0. The molecular weight excluding hydrogens is 170 g/mol. The minimum Gasteiger partial charge on any atom is -0.269 e. The van der Waals surface area contributed by atoms with Gasteiger partial charge in [-0.3, -0.25) is 28.2 Å². The molecular formula is H6F6Fe. The molecule has 0 unspecified atom stereocenters. The number of hydrogen-bond acceptors (Lipinski definition) is 0. The van der Waals surface area contributed by atoms with Crippen molar-refractivity contribution in [2.75, 3.05) is 0 Å². The van der Waals surface area contributed by atoms with Gasteiger partial charge in [0.2, 0.25) is 0 Å². The Kier molecular flexibility index (Phi) is 61100000. The van der Waals surface area contributed by atoms with Gasteiger partial charge in [0.25, 0.3) is 0 Å². The first kappa shape index (κ1) is 26700. The van der Waals surface area contributed by atoms with Crippen LogP contribution in [0, 0.1) is 0 Å². The minimum absolute atomic E-state index is 0. The molecule has 0 amide bonds. The van der Waals surface area contributed by atoms with Crippen molar-refractivity contribution in [3.63, 3.8) is 0 Å². The van der Waals surface area contributed by atoms with Crippen LogP contribution in [-0.2, 0) is 17.1 Å². The summed E-state index contributed by atoms with van der Waals surface area (Å²) in [5.74, 6) is 0. The summed E-state index contributed by atoms with van der Waals surface area (Å²) in [4.78, 5) is 0. The van der Waals surface area contributed by atoms with Crippen molar-refractivity contribution in [2.24, 2.45) is 0 Å². The standard InChI is InChI=1S/6FH.Fe/h6*1H;. The monoisotopic (exact) mass is 176 g/mol. The first-order valence-corrected chi connectivity index (χ1v) is 0. The van der Waals surface area contributed by atoms with E-state index < -0.39 is 0 Å². The van der Waals surface area contributed by atoms with Crippen molar-refractivity contribution >= 4 is 0 Å². The zero-order chi connectivity index (χ0) is 0. The van der Waals surface area contributed by atoms with Gasteiger partial charge in [-0.05, 0) is 0 Å². The van der Waals surface area contributed by atoms with E-state index in [0.29, 0.717) is 0 Å². The zero-order valence-corrected chi connectivity index (χ0v) is 3.91. The average Bonchev–Trinajstić information content (AvgIpc) is 0. The molecule has 0 saturated carbocycles. The van der Waals surface area contributed by atoms with Crippen LogP contribution in [-0.4, -0.2) is 0 Å². The van der Waals surface area contributed by atoms with Crippen LogP contribution in [0.15, 0.2) is 0 Å². The van der Waals surface area contributed by atoms with E-state index in [0.717, 1.165) is 0 Å². The summed E-state index contributed by atoms with van der Waals surface area (Å²) in [5, 5.41) is 0. The van der Waals surface area contributed by atoms with E-state index in [9.17, 15) is 0 Å². The van der Waals surface area contributed by atoms with Crippen molar-refractivity contribution in [2.45, 2.75) is 0 Å². The molecule has 0 atom stereocenters. The quantitative estimate of drug-likeness (QED) is 0.380. The van der Waals surface area contributed by atoms with Crippen LogP contribution in [0.25, 0.3) is 0 Å². The van der Waals surface area contributed by atoms with Crippen molar-refractivity contribution in [3.05, 3.63) is 0 Å². The molecule has 0 spiro atoms. The third kappa shape index (κ3) is 10400. The fourth-order valence-electron chi connectivity index (χ4n) is 0. The van der Waals surface area contributed by atoms with Crippen molar-refractivity contribution in [3.8, 4) is 0 Å². The molecule has 56 valence electrons. The molecule has 0 bridgehead atoms. The molecule has 0 aromatic rings. The Morgan fingerprint density at radius 3 is 0.286 bits per heavy atom. The van der Waals surface area contributed by atoms with Crippen molar-refractivity contribution in [1.82, 2.24) is 0 Å². The normalized spacial score (nSPS) is 0. The number of halogens is 6. The van der Waals surface area contributed by atoms with Crippen molar-refractivity contribution < 1.29 is 45.3 Å². The molecule has 0 aliphatic heterocycles. The fourth-order valence-corrected chi connectivity index (χ4v) is 0. The van der Waals surface area contributed by atoms with Crippen LogP contribution < -0.4 is 0 Å². The van der Waals surface area contributed by atoms with Gasteiger partial charge in [0.05, 0.1) is 0 Å². The van der Waals surface area contributed by atoms with E-state index in [-0.39, 0.29) is 45.3 Å². The molecule has 7 heteroatoms. The van der Waals surface area contributed by atoms with Gasteiger partial charge in [0.1, 0.15) is 0 Å². The predicted molar refractivity (Wildman–Crippen MR) is 15.0 cm³/mol. The summed E-state index contributed by atoms with van der Waals surface area (Å²) >= 11 is 0. The van der Waals surface area contributed by atoms with E-state index in [1.165, 1.54) is 0 Å². The molecule has 0 aromatic carbocycles. The molecule has 0 N–H and O–H groups in total. The second kappa shape index (κ2) is 16000. The molecule has 0 aliphatic carbocycles.